The molecular weight excluding hydrogens is 266 g/mol. The summed E-state index contributed by atoms with van der Waals surface area (Å²) in [6.45, 7) is 1.97. The molecule has 0 heterocycles. The Balaban J connectivity index is 2.66. The molecule has 0 aliphatic heterocycles. The van der Waals surface area contributed by atoms with Crippen molar-refractivity contribution >= 4 is 5.97 Å². The van der Waals surface area contributed by atoms with E-state index < -0.39 is 5.97 Å². The first-order valence-corrected chi connectivity index (χ1v) is 6.67. The summed E-state index contributed by atoms with van der Waals surface area (Å²) in [5.41, 5.74) is 2.55. The monoisotopic (exact) mass is 281 g/mol. The van der Waals surface area contributed by atoms with Gasteiger partial charge in [0.15, 0.2) is 0 Å². The van der Waals surface area contributed by atoms with Gasteiger partial charge in [-0.1, -0.05) is 25.5 Å². The van der Waals surface area contributed by atoms with Gasteiger partial charge in [0.1, 0.15) is 5.75 Å². The fraction of sp³-hybridized carbons (Fsp3) is 0.176. The maximum Gasteiger partial charge on any atom is 0.335 e. The third kappa shape index (κ3) is 2.87. The van der Waals surface area contributed by atoms with Crippen molar-refractivity contribution < 1.29 is 15.0 Å². The Morgan fingerprint density at radius 2 is 2.00 bits per heavy atom. The fourth-order valence-electron chi connectivity index (χ4n) is 2.39. The summed E-state index contributed by atoms with van der Waals surface area (Å²) >= 11 is 0. The summed E-state index contributed by atoms with van der Waals surface area (Å²) in [5.74, 6) is -0.998. The summed E-state index contributed by atoms with van der Waals surface area (Å²) in [6.07, 6.45) is 1.41. The molecule has 0 unspecified atom stereocenters. The van der Waals surface area contributed by atoms with Gasteiger partial charge in [-0.15, -0.1) is 0 Å². The molecule has 4 heteroatoms. The zero-order valence-electron chi connectivity index (χ0n) is 11.6. The van der Waals surface area contributed by atoms with Gasteiger partial charge in [-0.3, -0.25) is 0 Å². The number of carboxylic acid groups (broad SMARTS) is 1. The summed E-state index contributed by atoms with van der Waals surface area (Å²) in [7, 11) is 0. The lowest BCUT2D eigenvalue weighted by molar-refractivity contribution is 0.0695. The van der Waals surface area contributed by atoms with Crippen LogP contribution in [-0.4, -0.2) is 16.2 Å². The Hall–Kier alpha value is -2.80. The van der Waals surface area contributed by atoms with Crippen LogP contribution in [0.15, 0.2) is 36.4 Å². The van der Waals surface area contributed by atoms with Gasteiger partial charge in [-0.25, -0.2) is 4.79 Å². The molecule has 2 N–H and O–H groups in total. The molecule has 0 saturated carbocycles. The van der Waals surface area contributed by atoms with Crippen molar-refractivity contribution in [1.29, 1.82) is 5.26 Å². The van der Waals surface area contributed by atoms with Gasteiger partial charge < -0.3 is 10.2 Å². The van der Waals surface area contributed by atoms with Gasteiger partial charge in [0.05, 0.1) is 17.2 Å². The van der Waals surface area contributed by atoms with Gasteiger partial charge in [-0.2, -0.15) is 5.26 Å². The van der Waals surface area contributed by atoms with Crippen LogP contribution in [0.3, 0.4) is 0 Å². The smallest absolute Gasteiger partial charge is 0.335 e. The zero-order valence-corrected chi connectivity index (χ0v) is 11.6. The van der Waals surface area contributed by atoms with Crippen LogP contribution in [0.5, 0.6) is 5.75 Å². The normalized spacial score (nSPS) is 10.1. The third-order valence-electron chi connectivity index (χ3n) is 3.32. The number of aromatic hydroxyl groups is 1. The molecule has 0 aliphatic rings. The number of phenols is 1. The third-order valence-corrected chi connectivity index (χ3v) is 3.32. The minimum absolute atomic E-state index is 0.0195. The Labute approximate surface area is 122 Å². The Morgan fingerprint density at radius 3 is 2.57 bits per heavy atom. The Kier molecular flexibility index (Phi) is 4.24. The molecule has 0 amide bonds. The van der Waals surface area contributed by atoms with Crippen molar-refractivity contribution in [3.05, 3.63) is 53.1 Å². The van der Waals surface area contributed by atoms with E-state index in [-0.39, 0.29) is 11.3 Å². The average molecular weight is 281 g/mol. The van der Waals surface area contributed by atoms with E-state index in [4.69, 9.17) is 5.26 Å². The summed E-state index contributed by atoms with van der Waals surface area (Å²) in [4.78, 5) is 11.4. The van der Waals surface area contributed by atoms with Crippen LogP contribution in [-0.2, 0) is 6.42 Å². The summed E-state index contributed by atoms with van der Waals surface area (Å²) < 4.78 is 0. The van der Waals surface area contributed by atoms with Crippen LogP contribution < -0.4 is 0 Å². The molecular formula is C17H15NO3. The van der Waals surface area contributed by atoms with Crippen LogP contribution in [0.4, 0.5) is 0 Å². The van der Waals surface area contributed by atoms with Crippen LogP contribution in [0.1, 0.15) is 34.8 Å². The first-order chi connectivity index (χ1) is 10.1. The van der Waals surface area contributed by atoms with E-state index in [9.17, 15) is 15.0 Å². The largest absolute Gasteiger partial charge is 0.507 e. The lowest BCUT2D eigenvalue weighted by Crippen LogP contribution is -2.04. The van der Waals surface area contributed by atoms with Gasteiger partial charge in [0.2, 0.25) is 0 Å². The van der Waals surface area contributed by atoms with E-state index in [1.54, 1.807) is 30.3 Å². The quantitative estimate of drug-likeness (QED) is 0.897. The van der Waals surface area contributed by atoms with E-state index >= 15 is 0 Å². The molecule has 21 heavy (non-hydrogen) atoms. The van der Waals surface area contributed by atoms with E-state index in [0.29, 0.717) is 28.7 Å². The van der Waals surface area contributed by atoms with Crippen molar-refractivity contribution in [2.24, 2.45) is 0 Å². The van der Waals surface area contributed by atoms with Crippen molar-refractivity contribution in [2.75, 3.05) is 0 Å². The fourth-order valence-corrected chi connectivity index (χ4v) is 2.39. The molecule has 0 atom stereocenters. The highest BCUT2D eigenvalue weighted by Gasteiger charge is 2.16. The molecule has 0 bridgehead atoms. The Morgan fingerprint density at radius 1 is 1.24 bits per heavy atom. The van der Waals surface area contributed by atoms with Crippen LogP contribution >= 0.6 is 0 Å². The number of carboxylic acids is 1. The van der Waals surface area contributed by atoms with Crippen LogP contribution in [0, 0.1) is 11.3 Å². The number of carbonyl (C=O) groups is 1. The molecule has 2 aromatic rings. The van der Waals surface area contributed by atoms with Gasteiger partial charge >= 0.3 is 5.97 Å². The van der Waals surface area contributed by atoms with E-state index in [1.165, 1.54) is 6.07 Å². The molecule has 106 valence electrons. The molecule has 0 saturated heterocycles. The van der Waals surface area contributed by atoms with Crippen molar-refractivity contribution in [3.63, 3.8) is 0 Å². The maximum absolute atomic E-state index is 11.4. The number of nitrogens with zero attached hydrogens (tertiary/aromatic N) is 1. The Bertz CT molecular complexity index is 729. The van der Waals surface area contributed by atoms with Crippen molar-refractivity contribution in [1.82, 2.24) is 0 Å². The second-order valence-electron chi connectivity index (χ2n) is 4.73. The van der Waals surface area contributed by atoms with Crippen molar-refractivity contribution in [3.8, 4) is 22.9 Å². The minimum Gasteiger partial charge on any atom is -0.507 e. The lowest BCUT2D eigenvalue weighted by atomic mass is 9.91. The number of benzene rings is 2. The maximum atomic E-state index is 11.4. The van der Waals surface area contributed by atoms with Crippen LogP contribution in [0.25, 0.3) is 11.1 Å². The zero-order chi connectivity index (χ0) is 15.4. The molecule has 0 aromatic heterocycles. The predicted molar refractivity (Wildman–Crippen MR) is 79.2 cm³/mol. The molecule has 2 rings (SSSR count). The van der Waals surface area contributed by atoms with Crippen molar-refractivity contribution in [2.45, 2.75) is 19.8 Å². The van der Waals surface area contributed by atoms with E-state index in [2.05, 4.69) is 0 Å². The highest BCUT2D eigenvalue weighted by atomic mass is 16.4. The number of phenolic OH excluding ortho intramolecular Hbond substituents is 1. The standard InChI is InChI=1S/C17H15NO3/c1-2-4-12-13(5-3-6-15(12)17(20)21)14-8-7-11(10-18)9-16(14)19/h3,5-9,19H,2,4H2,1H3,(H,20,21). The highest BCUT2D eigenvalue weighted by molar-refractivity contribution is 5.92. The second kappa shape index (κ2) is 6.10. The highest BCUT2D eigenvalue weighted by Crippen LogP contribution is 2.34. The lowest BCUT2D eigenvalue weighted by Gasteiger charge is -2.13. The molecule has 0 fully saturated rings. The summed E-state index contributed by atoms with van der Waals surface area (Å²) in [6, 6.07) is 11.6. The van der Waals surface area contributed by atoms with Gasteiger partial charge in [0, 0.05) is 5.56 Å². The van der Waals surface area contributed by atoms with E-state index in [0.717, 1.165) is 6.42 Å². The minimum atomic E-state index is -0.978. The molecule has 0 aliphatic carbocycles. The topological polar surface area (TPSA) is 81.3 Å². The van der Waals surface area contributed by atoms with E-state index in [1.807, 2.05) is 13.0 Å². The first-order valence-electron chi connectivity index (χ1n) is 6.67. The SMILES string of the molecule is CCCc1c(C(=O)O)cccc1-c1ccc(C#N)cc1O. The second-order valence-corrected chi connectivity index (χ2v) is 4.73. The van der Waals surface area contributed by atoms with Crippen LogP contribution in [0.2, 0.25) is 0 Å². The number of aromatic carboxylic acids is 1. The number of nitriles is 1. The first kappa shape index (κ1) is 14.6. The van der Waals surface area contributed by atoms with Gasteiger partial charge in [0.25, 0.3) is 0 Å². The molecule has 4 nitrogen and oxygen atoms in total. The average Bonchev–Trinajstić information content (AvgIpc) is 2.47. The summed E-state index contributed by atoms with van der Waals surface area (Å²) in [5, 5.41) is 28.2. The number of hydrogen-bond acceptors (Lipinski definition) is 3. The molecule has 2 aromatic carbocycles. The predicted octanol–water partition coefficient (Wildman–Crippen LogP) is 3.58. The molecule has 0 radical (unpaired) electrons. The number of rotatable bonds is 4. The van der Waals surface area contributed by atoms with Gasteiger partial charge in [-0.05, 0) is 41.8 Å². The molecule has 0 spiro atoms. The number of hydrogen-bond donors (Lipinski definition) is 2.